The summed E-state index contributed by atoms with van der Waals surface area (Å²) in [7, 11) is 1.98. The van der Waals surface area contributed by atoms with E-state index in [2.05, 4.69) is 26.4 Å². The van der Waals surface area contributed by atoms with Crippen molar-refractivity contribution in [3.8, 4) is 0 Å². The van der Waals surface area contributed by atoms with Crippen molar-refractivity contribution in [1.29, 1.82) is 0 Å². The molecular formula is C13H19N5. The monoisotopic (exact) mass is 245 g/mol. The predicted molar refractivity (Wildman–Crippen MR) is 69.0 cm³/mol. The molecule has 0 aliphatic carbocycles. The van der Waals surface area contributed by atoms with Crippen LogP contribution in [0.1, 0.15) is 30.0 Å². The van der Waals surface area contributed by atoms with Gasteiger partial charge in [0.25, 0.3) is 0 Å². The Morgan fingerprint density at radius 1 is 1.39 bits per heavy atom. The summed E-state index contributed by atoms with van der Waals surface area (Å²) in [6, 6.07) is 2.05. The van der Waals surface area contributed by atoms with E-state index in [0.29, 0.717) is 5.92 Å². The number of H-pyrrole nitrogens is 1. The second-order valence-corrected chi connectivity index (χ2v) is 5.08. The maximum Gasteiger partial charge on any atom is 0.0524 e. The van der Waals surface area contributed by atoms with Gasteiger partial charge in [0.1, 0.15) is 0 Å². The van der Waals surface area contributed by atoms with Gasteiger partial charge in [-0.05, 0) is 43.5 Å². The molecule has 0 spiro atoms. The Bertz CT molecular complexity index is 479. The predicted octanol–water partition coefficient (Wildman–Crippen LogP) is 1.52. The van der Waals surface area contributed by atoms with Crippen LogP contribution in [-0.4, -0.2) is 38.0 Å². The summed E-state index contributed by atoms with van der Waals surface area (Å²) >= 11 is 0. The van der Waals surface area contributed by atoms with Crippen LogP contribution in [0.25, 0.3) is 0 Å². The van der Waals surface area contributed by atoms with Crippen molar-refractivity contribution in [2.45, 2.75) is 25.3 Å². The Hall–Kier alpha value is -1.62. The van der Waals surface area contributed by atoms with E-state index >= 15 is 0 Å². The minimum absolute atomic E-state index is 0.678. The zero-order chi connectivity index (χ0) is 12.4. The smallest absolute Gasteiger partial charge is 0.0524 e. The van der Waals surface area contributed by atoms with E-state index in [9.17, 15) is 0 Å². The van der Waals surface area contributed by atoms with Crippen LogP contribution in [0.3, 0.4) is 0 Å². The lowest BCUT2D eigenvalue weighted by Gasteiger charge is -2.31. The highest BCUT2D eigenvalue weighted by Gasteiger charge is 2.21. The number of rotatable bonds is 3. The number of nitrogens with zero attached hydrogens (tertiary/aromatic N) is 4. The van der Waals surface area contributed by atoms with Gasteiger partial charge in [0.2, 0.25) is 0 Å². The average molecular weight is 245 g/mol. The van der Waals surface area contributed by atoms with Gasteiger partial charge in [0.15, 0.2) is 0 Å². The molecule has 5 heteroatoms. The Balaban J connectivity index is 1.55. The summed E-state index contributed by atoms with van der Waals surface area (Å²) in [6.45, 7) is 3.29. The van der Waals surface area contributed by atoms with Gasteiger partial charge in [-0.25, -0.2) is 0 Å². The molecule has 1 saturated heterocycles. The van der Waals surface area contributed by atoms with E-state index in [-0.39, 0.29) is 0 Å². The van der Waals surface area contributed by atoms with Crippen molar-refractivity contribution in [3.05, 3.63) is 35.9 Å². The summed E-state index contributed by atoms with van der Waals surface area (Å²) < 4.78 is 1.90. The molecule has 5 nitrogen and oxygen atoms in total. The third-order valence-corrected chi connectivity index (χ3v) is 3.74. The van der Waals surface area contributed by atoms with Gasteiger partial charge in [0, 0.05) is 31.7 Å². The van der Waals surface area contributed by atoms with E-state index in [1.54, 1.807) is 0 Å². The second kappa shape index (κ2) is 4.94. The lowest BCUT2D eigenvalue weighted by Crippen LogP contribution is -2.32. The zero-order valence-electron chi connectivity index (χ0n) is 10.7. The molecule has 0 unspecified atom stereocenters. The van der Waals surface area contributed by atoms with Crippen molar-refractivity contribution >= 4 is 0 Å². The largest absolute Gasteiger partial charge is 0.297 e. The standard InChI is InChI=1S/C13H19N5/c1-17-9-12(8-15-17)11-3-6-18(7-4-11)10-13-2-5-14-16-13/h2,5,8-9,11H,3-4,6-7,10H2,1H3,(H,14,16). The van der Waals surface area contributed by atoms with Crippen LogP contribution in [-0.2, 0) is 13.6 Å². The molecule has 0 atom stereocenters. The number of hydrogen-bond acceptors (Lipinski definition) is 3. The number of nitrogens with one attached hydrogen (secondary N) is 1. The van der Waals surface area contributed by atoms with Crippen molar-refractivity contribution in [2.24, 2.45) is 7.05 Å². The molecule has 1 aliphatic heterocycles. The topological polar surface area (TPSA) is 49.7 Å². The zero-order valence-corrected chi connectivity index (χ0v) is 10.7. The second-order valence-electron chi connectivity index (χ2n) is 5.08. The van der Waals surface area contributed by atoms with E-state index in [4.69, 9.17) is 0 Å². The van der Waals surface area contributed by atoms with Crippen molar-refractivity contribution in [3.63, 3.8) is 0 Å². The molecule has 18 heavy (non-hydrogen) atoms. The normalized spacial score (nSPS) is 18.3. The molecule has 1 aliphatic rings. The highest BCUT2D eigenvalue weighted by Crippen LogP contribution is 2.27. The van der Waals surface area contributed by atoms with Crippen molar-refractivity contribution in [2.75, 3.05) is 13.1 Å². The third-order valence-electron chi connectivity index (χ3n) is 3.74. The first-order valence-corrected chi connectivity index (χ1v) is 6.50. The molecule has 1 N–H and O–H groups in total. The molecular weight excluding hydrogens is 226 g/mol. The van der Waals surface area contributed by atoms with Crippen molar-refractivity contribution < 1.29 is 0 Å². The Labute approximate surface area is 107 Å². The molecule has 0 amide bonds. The van der Waals surface area contributed by atoms with Crippen LogP contribution in [0.5, 0.6) is 0 Å². The number of hydrogen-bond donors (Lipinski definition) is 1. The summed E-state index contributed by atoms with van der Waals surface area (Å²) in [5, 5.41) is 11.3. The van der Waals surface area contributed by atoms with Gasteiger partial charge in [-0.15, -0.1) is 0 Å². The van der Waals surface area contributed by atoms with Crippen LogP contribution in [0.15, 0.2) is 24.7 Å². The lowest BCUT2D eigenvalue weighted by molar-refractivity contribution is 0.202. The van der Waals surface area contributed by atoms with Crippen LogP contribution in [0.2, 0.25) is 0 Å². The molecule has 0 aromatic carbocycles. The summed E-state index contributed by atoms with van der Waals surface area (Å²) in [6.07, 6.45) is 8.42. The third kappa shape index (κ3) is 2.46. The van der Waals surface area contributed by atoms with Gasteiger partial charge >= 0.3 is 0 Å². The fourth-order valence-corrected chi connectivity index (χ4v) is 2.69. The van der Waals surface area contributed by atoms with Crippen LogP contribution >= 0.6 is 0 Å². The molecule has 1 fully saturated rings. The highest BCUT2D eigenvalue weighted by molar-refractivity contribution is 5.12. The van der Waals surface area contributed by atoms with Crippen LogP contribution in [0, 0.1) is 0 Å². The molecule has 0 saturated carbocycles. The average Bonchev–Trinajstić information content (AvgIpc) is 3.02. The molecule has 2 aromatic heterocycles. The molecule has 3 heterocycles. The molecule has 0 radical (unpaired) electrons. The molecule has 2 aromatic rings. The molecule has 3 rings (SSSR count). The van der Waals surface area contributed by atoms with Crippen molar-refractivity contribution in [1.82, 2.24) is 24.9 Å². The highest BCUT2D eigenvalue weighted by atomic mass is 15.2. The summed E-state index contributed by atoms with van der Waals surface area (Å²) in [5.41, 5.74) is 2.59. The first kappa shape index (κ1) is 11.5. The van der Waals surface area contributed by atoms with Gasteiger partial charge in [-0.3, -0.25) is 14.7 Å². The summed E-state index contributed by atoms with van der Waals surface area (Å²) in [5.74, 6) is 0.678. The van der Waals surface area contributed by atoms with Crippen LogP contribution < -0.4 is 0 Å². The Morgan fingerprint density at radius 2 is 2.22 bits per heavy atom. The lowest BCUT2D eigenvalue weighted by atomic mass is 9.91. The number of piperidine rings is 1. The molecule has 0 bridgehead atoms. The van der Waals surface area contributed by atoms with Gasteiger partial charge in [0.05, 0.1) is 6.20 Å². The van der Waals surface area contributed by atoms with Gasteiger partial charge in [-0.1, -0.05) is 0 Å². The summed E-state index contributed by atoms with van der Waals surface area (Å²) in [4.78, 5) is 2.49. The van der Waals surface area contributed by atoms with E-state index in [1.807, 2.05) is 30.2 Å². The van der Waals surface area contributed by atoms with Gasteiger partial charge in [-0.2, -0.15) is 10.2 Å². The minimum atomic E-state index is 0.678. The SMILES string of the molecule is Cn1cc(C2CCN(Cc3ccn[nH]3)CC2)cn1. The van der Waals surface area contributed by atoms with E-state index in [0.717, 1.165) is 19.6 Å². The number of likely N-dealkylation sites (tertiary alicyclic amines) is 1. The first-order chi connectivity index (χ1) is 8.81. The number of aromatic amines is 1. The Kier molecular flexibility index (Phi) is 3.15. The van der Waals surface area contributed by atoms with E-state index in [1.165, 1.54) is 24.1 Å². The maximum absolute atomic E-state index is 4.26. The molecule has 96 valence electrons. The first-order valence-electron chi connectivity index (χ1n) is 6.50. The quantitative estimate of drug-likeness (QED) is 0.892. The van der Waals surface area contributed by atoms with E-state index < -0.39 is 0 Å². The minimum Gasteiger partial charge on any atom is -0.297 e. The number of aromatic nitrogens is 4. The van der Waals surface area contributed by atoms with Crippen LogP contribution in [0.4, 0.5) is 0 Å². The fraction of sp³-hybridized carbons (Fsp3) is 0.538. The maximum atomic E-state index is 4.26. The number of aryl methyl sites for hydroxylation is 1. The fourth-order valence-electron chi connectivity index (χ4n) is 2.69. The van der Waals surface area contributed by atoms with Gasteiger partial charge < -0.3 is 0 Å². The Morgan fingerprint density at radius 3 is 2.83 bits per heavy atom.